The molecule has 2 spiro atoms. The molecule has 13 atom stereocenters. The molecule has 0 aromatic carbocycles. The van der Waals surface area contributed by atoms with Gasteiger partial charge in [0.05, 0.1) is 18.3 Å². The summed E-state index contributed by atoms with van der Waals surface area (Å²) in [7, 11) is 0. The molecule has 6 saturated carbocycles. The van der Waals surface area contributed by atoms with Crippen molar-refractivity contribution in [2.75, 3.05) is 6.54 Å². The summed E-state index contributed by atoms with van der Waals surface area (Å²) in [6.45, 7) is 7.38. The van der Waals surface area contributed by atoms with E-state index in [4.69, 9.17) is 0 Å². The lowest BCUT2D eigenvalue weighted by Crippen LogP contribution is -2.76. The van der Waals surface area contributed by atoms with Crippen LogP contribution in [-0.4, -0.2) is 67.9 Å². The van der Waals surface area contributed by atoms with Gasteiger partial charge in [-0.1, -0.05) is 19.1 Å². The zero-order chi connectivity index (χ0) is 17.3. The highest BCUT2D eigenvalue weighted by atomic mass is 16.4. The van der Waals surface area contributed by atoms with Crippen molar-refractivity contribution < 1.29 is 20.4 Å². The lowest BCUT2D eigenvalue weighted by Gasteiger charge is -2.67. The van der Waals surface area contributed by atoms with Crippen molar-refractivity contribution in [3.63, 3.8) is 0 Å². The maximum Gasteiger partial charge on any atom is 0.113 e. The molecule has 3 aliphatic heterocycles. The smallest absolute Gasteiger partial charge is 0.113 e. The van der Waals surface area contributed by atoms with Crippen molar-refractivity contribution >= 4 is 0 Å². The van der Waals surface area contributed by atoms with Gasteiger partial charge in [-0.05, 0) is 37.0 Å². The Balaban J connectivity index is 1.57. The van der Waals surface area contributed by atoms with Gasteiger partial charge in [-0.15, -0.1) is 0 Å². The molecule has 9 bridgehead atoms. The van der Waals surface area contributed by atoms with Gasteiger partial charge in [-0.25, -0.2) is 0 Å². The zero-order valence-electron chi connectivity index (χ0n) is 14.6. The number of aliphatic hydroxyl groups excluding tert-OH is 3. The first-order chi connectivity index (χ1) is 11.7. The van der Waals surface area contributed by atoms with Gasteiger partial charge in [0, 0.05) is 41.3 Å². The topological polar surface area (TPSA) is 84.2 Å². The molecule has 5 nitrogen and oxygen atoms in total. The van der Waals surface area contributed by atoms with Gasteiger partial charge in [-0.3, -0.25) is 4.90 Å². The van der Waals surface area contributed by atoms with Crippen molar-refractivity contribution in [1.82, 2.24) is 4.90 Å². The molecule has 0 amide bonds. The lowest BCUT2D eigenvalue weighted by molar-refractivity contribution is -0.280. The second-order valence-corrected chi connectivity index (χ2v) is 10.9. The zero-order valence-corrected chi connectivity index (χ0v) is 14.6. The fourth-order valence-electron chi connectivity index (χ4n) is 10.7. The van der Waals surface area contributed by atoms with Crippen molar-refractivity contribution in [3.8, 4) is 0 Å². The van der Waals surface area contributed by atoms with E-state index in [2.05, 4.69) is 18.4 Å². The molecule has 0 radical (unpaired) electrons. The summed E-state index contributed by atoms with van der Waals surface area (Å²) in [4.78, 5) is 2.49. The Morgan fingerprint density at radius 1 is 1.12 bits per heavy atom. The number of rotatable bonds is 0. The minimum absolute atomic E-state index is 0.0188. The summed E-state index contributed by atoms with van der Waals surface area (Å²) < 4.78 is 0. The fourth-order valence-corrected chi connectivity index (χ4v) is 10.7. The van der Waals surface area contributed by atoms with Gasteiger partial charge < -0.3 is 20.4 Å². The molecule has 3 heterocycles. The van der Waals surface area contributed by atoms with Gasteiger partial charge in [0.1, 0.15) is 5.60 Å². The first-order valence-corrected chi connectivity index (χ1v) is 9.92. The first kappa shape index (κ1) is 14.6. The maximum atomic E-state index is 12.1. The van der Waals surface area contributed by atoms with E-state index >= 15 is 0 Å². The van der Waals surface area contributed by atoms with Crippen LogP contribution in [0.2, 0.25) is 0 Å². The Bertz CT molecular complexity index is 756. The Morgan fingerprint density at radius 3 is 2.64 bits per heavy atom. The third kappa shape index (κ3) is 1.02. The van der Waals surface area contributed by atoms with E-state index in [-0.39, 0.29) is 28.9 Å². The molecule has 0 aromatic heterocycles. The van der Waals surface area contributed by atoms with E-state index in [0.717, 1.165) is 31.4 Å². The molecule has 3 saturated heterocycles. The molecule has 5 heteroatoms. The molecular formula is C20H27NO4. The summed E-state index contributed by atoms with van der Waals surface area (Å²) >= 11 is 0. The van der Waals surface area contributed by atoms with Gasteiger partial charge in [0.2, 0.25) is 0 Å². The van der Waals surface area contributed by atoms with Crippen molar-refractivity contribution in [1.29, 1.82) is 0 Å². The number of hydrogen-bond acceptors (Lipinski definition) is 5. The minimum Gasteiger partial charge on any atom is -0.393 e. The predicted octanol–water partition coefficient (Wildman–Crippen LogP) is -0.121. The predicted molar refractivity (Wildman–Crippen MR) is 88.3 cm³/mol. The minimum atomic E-state index is -1.16. The molecule has 25 heavy (non-hydrogen) atoms. The average Bonchev–Trinajstić information content (AvgIpc) is 2.90. The van der Waals surface area contributed by atoms with Crippen LogP contribution in [0.5, 0.6) is 0 Å². The molecule has 0 aromatic rings. The Morgan fingerprint density at radius 2 is 1.88 bits per heavy atom. The van der Waals surface area contributed by atoms with E-state index < -0.39 is 29.1 Å². The van der Waals surface area contributed by atoms with Gasteiger partial charge in [-0.2, -0.15) is 0 Å². The Kier molecular flexibility index (Phi) is 2.04. The van der Waals surface area contributed by atoms with Gasteiger partial charge >= 0.3 is 0 Å². The average molecular weight is 345 g/mol. The molecule has 4 N–H and O–H groups in total. The highest BCUT2D eigenvalue weighted by molar-refractivity contribution is 5.48. The standard InChI is InChI=1S/C20H27NO4/c1-8-3-18-6-10-13-17(2)4-9(22)5-19(13)14(18)12(23)11(8)15(24)20(18,25)16(19)21(10)7-17/h9-16,22-25H,1,3-7H2,2H3/t9-,10-,11-,12+,13+,14+,15-,16-,17-,18-,19-,20+/m0/s1. The summed E-state index contributed by atoms with van der Waals surface area (Å²) in [5, 5.41) is 45.4. The monoisotopic (exact) mass is 345 g/mol. The SMILES string of the molecule is C=C1C[C@]23C[C@H]4[C@@H]5[C@@]6(C)C[C@H](O)C[C@@]57[C@@H]2[C@H](O)[C@H]1[C@H](O)[C@@]3(O)[C@H]7N4C6. The Labute approximate surface area is 147 Å². The van der Waals surface area contributed by atoms with Crippen LogP contribution in [0.25, 0.3) is 0 Å². The van der Waals surface area contributed by atoms with E-state index in [1.165, 1.54) is 0 Å². The fraction of sp³-hybridized carbons (Fsp3) is 0.900. The second-order valence-electron chi connectivity index (χ2n) is 10.9. The van der Waals surface area contributed by atoms with Gasteiger partial charge in [0.15, 0.2) is 0 Å². The van der Waals surface area contributed by atoms with Crippen LogP contribution in [0, 0.1) is 34.0 Å². The van der Waals surface area contributed by atoms with Crippen molar-refractivity contribution in [2.24, 2.45) is 34.0 Å². The molecular weight excluding hydrogens is 318 g/mol. The lowest BCUT2D eigenvalue weighted by atomic mass is 9.39. The van der Waals surface area contributed by atoms with Crippen LogP contribution in [0.4, 0.5) is 0 Å². The van der Waals surface area contributed by atoms with Crippen LogP contribution in [0.3, 0.4) is 0 Å². The van der Waals surface area contributed by atoms with Crippen molar-refractivity contribution in [2.45, 2.75) is 68.6 Å². The molecule has 9 rings (SSSR count). The molecule has 6 aliphatic carbocycles. The van der Waals surface area contributed by atoms with Crippen LogP contribution in [0.1, 0.15) is 32.6 Å². The summed E-state index contributed by atoms with van der Waals surface area (Å²) in [5.74, 6) is -0.0124. The Hall–Kier alpha value is -0.460. The third-order valence-electron chi connectivity index (χ3n) is 10.3. The van der Waals surface area contributed by atoms with E-state index in [0.29, 0.717) is 18.4 Å². The highest BCUT2D eigenvalue weighted by Crippen LogP contribution is 2.87. The van der Waals surface area contributed by atoms with E-state index in [1.807, 2.05) is 0 Å². The van der Waals surface area contributed by atoms with Crippen LogP contribution >= 0.6 is 0 Å². The number of fused-ring (bicyclic) bond motifs is 1. The molecule has 1 unspecified atom stereocenters. The second kappa shape index (κ2) is 3.49. The normalized spacial score (nSPS) is 76.5. The summed E-state index contributed by atoms with van der Waals surface area (Å²) in [5.41, 5.74) is -0.886. The van der Waals surface area contributed by atoms with E-state index in [1.54, 1.807) is 0 Å². The first-order valence-electron chi connectivity index (χ1n) is 9.92. The molecule has 136 valence electrons. The highest BCUT2D eigenvalue weighted by Gasteiger charge is 2.94. The van der Waals surface area contributed by atoms with Gasteiger partial charge in [0.25, 0.3) is 0 Å². The number of hydrogen-bond donors (Lipinski definition) is 4. The number of nitrogens with zero attached hydrogens (tertiary/aromatic N) is 1. The third-order valence-corrected chi connectivity index (χ3v) is 10.3. The molecule has 9 fully saturated rings. The van der Waals surface area contributed by atoms with Crippen LogP contribution in [-0.2, 0) is 0 Å². The van der Waals surface area contributed by atoms with E-state index in [9.17, 15) is 20.4 Å². The number of aliphatic hydroxyl groups is 4. The largest absolute Gasteiger partial charge is 0.393 e. The maximum absolute atomic E-state index is 12.1. The molecule has 9 aliphatic rings. The number of piperidine rings is 2. The summed E-state index contributed by atoms with van der Waals surface area (Å²) in [6.07, 6.45) is 1.15. The van der Waals surface area contributed by atoms with Crippen LogP contribution in [0.15, 0.2) is 12.2 Å². The van der Waals surface area contributed by atoms with Crippen LogP contribution < -0.4 is 0 Å². The summed E-state index contributed by atoms with van der Waals surface area (Å²) in [6, 6.07) is 0.320. The quantitative estimate of drug-likeness (QED) is 0.460. The van der Waals surface area contributed by atoms with Crippen molar-refractivity contribution in [3.05, 3.63) is 12.2 Å².